The number of ketones is 1. The first-order chi connectivity index (χ1) is 4.95. The van der Waals surface area contributed by atoms with Crippen LogP contribution in [-0.2, 0) is 4.79 Å². The molecule has 3 heteroatoms. The third kappa shape index (κ3) is 5.27. The van der Waals surface area contributed by atoms with Crippen molar-refractivity contribution in [2.75, 3.05) is 34.7 Å². The van der Waals surface area contributed by atoms with Gasteiger partial charge in [-0.3, -0.25) is 9.69 Å². The normalized spacial score (nSPS) is 12.9. The molecule has 0 aliphatic heterocycles. The van der Waals surface area contributed by atoms with Crippen molar-refractivity contribution in [2.45, 2.75) is 20.4 Å². The van der Waals surface area contributed by atoms with Crippen molar-refractivity contribution < 1.29 is 4.79 Å². The summed E-state index contributed by atoms with van der Waals surface area (Å²) >= 11 is 0. The fourth-order valence-electron chi connectivity index (χ4n) is 0.732. The van der Waals surface area contributed by atoms with Crippen LogP contribution in [0.25, 0.3) is 0 Å². The fourth-order valence-corrected chi connectivity index (χ4v) is 0.732. The van der Waals surface area contributed by atoms with E-state index in [0.29, 0.717) is 6.54 Å². The van der Waals surface area contributed by atoms with Crippen LogP contribution in [0, 0.1) is 0 Å². The summed E-state index contributed by atoms with van der Waals surface area (Å²) in [7, 11) is 7.64. The minimum absolute atomic E-state index is 0. The molecule has 12 heavy (non-hydrogen) atoms. The van der Waals surface area contributed by atoms with Crippen LogP contribution in [0.1, 0.15) is 14.4 Å². The molecule has 0 aliphatic carbocycles. The van der Waals surface area contributed by atoms with Crippen molar-refractivity contribution in [3.63, 3.8) is 0 Å². The molecular weight excluding hydrogens is 152 g/mol. The predicted molar refractivity (Wildman–Crippen MR) is 53.4 cm³/mol. The number of rotatable bonds is 4. The molecule has 3 nitrogen and oxygen atoms in total. The molecule has 1 atom stereocenters. The molecule has 0 amide bonds. The number of hydrogen-bond acceptors (Lipinski definition) is 3. The van der Waals surface area contributed by atoms with Gasteiger partial charge >= 0.3 is 0 Å². The Bertz CT molecular complexity index is 132. The monoisotopic (exact) mass is 174 g/mol. The minimum Gasteiger partial charge on any atom is -0.302 e. The number of likely N-dealkylation sites (N-methyl/N-ethyl adjacent to an activating group) is 2. The number of nitrogens with zero attached hydrogens (tertiary/aromatic N) is 2. The van der Waals surface area contributed by atoms with Crippen molar-refractivity contribution >= 4 is 5.78 Å². The van der Waals surface area contributed by atoms with Gasteiger partial charge in [0, 0.05) is 0 Å². The van der Waals surface area contributed by atoms with E-state index in [4.69, 9.17) is 0 Å². The summed E-state index contributed by atoms with van der Waals surface area (Å²) in [5, 5.41) is 0. The summed E-state index contributed by atoms with van der Waals surface area (Å²) in [6, 6.07) is 0.0254. The maximum atomic E-state index is 11.3. The molecule has 0 unspecified atom stereocenters. The van der Waals surface area contributed by atoms with Crippen LogP contribution in [0.3, 0.4) is 0 Å². The highest BCUT2D eigenvalue weighted by atomic mass is 16.1. The van der Waals surface area contributed by atoms with Crippen LogP contribution in [-0.4, -0.2) is 56.4 Å². The first-order valence-corrected chi connectivity index (χ1v) is 3.79. The van der Waals surface area contributed by atoms with Gasteiger partial charge in [-0.05, 0) is 35.1 Å². The standard InChI is InChI=1S/C8H18N2O.CH4/c1-7(10(4)5)8(11)6-9(2)3;/h7H,6H2,1-5H3;1H4/t7-;/m0./s1. The van der Waals surface area contributed by atoms with Crippen LogP contribution >= 0.6 is 0 Å². The predicted octanol–water partition coefficient (Wildman–Crippen LogP) is 0.703. The number of carbonyl (C=O) groups is 1. The zero-order valence-corrected chi connectivity index (χ0v) is 8.09. The lowest BCUT2D eigenvalue weighted by atomic mass is 10.2. The quantitative estimate of drug-likeness (QED) is 0.627. The fraction of sp³-hybridized carbons (Fsp3) is 0.889. The molecule has 74 valence electrons. The van der Waals surface area contributed by atoms with Crippen LogP contribution in [0.5, 0.6) is 0 Å². The van der Waals surface area contributed by atoms with Gasteiger partial charge in [-0.15, -0.1) is 0 Å². The smallest absolute Gasteiger partial charge is 0.163 e. The van der Waals surface area contributed by atoms with Gasteiger partial charge in [0.05, 0.1) is 12.6 Å². The van der Waals surface area contributed by atoms with Crippen molar-refractivity contribution in [2.24, 2.45) is 0 Å². The van der Waals surface area contributed by atoms with E-state index >= 15 is 0 Å². The number of Topliss-reactive ketones (excluding diaryl/α,β-unsaturated/α-hetero) is 1. The van der Waals surface area contributed by atoms with Crippen molar-refractivity contribution in [1.82, 2.24) is 9.80 Å². The molecule has 0 spiro atoms. The molecule has 0 aliphatic rings. The molecule has 0 rings (SSSR count). The summed E-state index contributed by atoms with van der Waals surface area (Å²) in [6.07, 6.45) is 0. The first kappa shape index (κ1) is 14.1. The molecule has 0 fully saturated rings. The van der Waals surface area contributed by atoms with Gasteiger partial charge in [0.1, 0.15) is 0 Å². The average molecular weight is 174 g/mol. The van der Waals surface area contributed by atoms with Gasteiger partial charge in [-0.2, -0.15) is 0 Å². The van der Waals surface area contributed by atoms with E-state index in [1.165, 1.54) is 0 Å². The Kier molecular flexibility index (Phi) is 7.24. The molecule has 0 N–H and O–H groups in total. The summed E-state index contributed by atoms with van der Waals surface area (Å²) < 4.78 is 0. The molecule has 0 aromatic carbocycles. The van der Waals surface area contributed by atoms with Crippen molar-refractivity contribution in [1.29, 1.82) is 0 Å². The Morgan fingerprint density at radius 1 is 1.25 bits per heavy atom. The van der Waals surface area contributed by atoms with Crippen molar-refractivity contribution in [3.05, 3.63) is 0 Å². The summed E-state index contributed by atoms with van der Waals surface area (Å²) in [5.41, 5.74) is 0. The molecule has 0 bridgehead atoms. The van der Waals surface area contributed by atoms with E-state index in [1.54, 1.807) is 0 Å². The highest BCUT2D eigenvalue weighted by Crippen LogP contribution is 1.93. The molecule has 0 heterocycles. The molecule has 0 saturated carbocycles. The van der Waals surface area contributed by atoms with E-state index in [1.807, 2.05) is 44.9 Å². The Morgan fingerprint density at radius 2 is 1.67 bits per heavy atom. The lowest BCUT2D eigenvalue weighted by molar-refractivity contribution is -0.123. The second kappa shape index (κ2) is 6.14. The zero-order chi connectivity index (χ0) is 9.02. The Morgan fingerprint density at radius 3 is 1.92 bits per heavy atom. The first-order valence-electron chi connectivity index (χ1n) is 3.79. The second-order valence-electron chi connectivity index (χ2n) is 3.34. The van der Waals surface area contributed by atoms with Gasteiger partial charge < -0.3 is 4.90 Å². The average Bonchev–Trinajstić information content (AvgIpc) is 1.84. The maximum absolute atomic E-state index is 11.3. The maximum Gasteiger partial charge on any atom is 0.163 e. The third-order valence-electron chi connectivity index (χ3n) is 1.71. The molecule has 0 saturated heterocycles. The van der Waals surface area contributed by atoms with E-state index in [0.717, 1.165) is 0 Å². The molecule has 0 aromatic rings. The zero-order valence-electron chi connectivity index (χ0n) is 8.09. The van der Waals surface area contributed by atoms with E-state index in [-0.39, 0.29) is 19.3 Å². The minimum atomic E-state index is 0. The summed E-state index contributed by atoms with van der Waals surface area (Å²) in [5.74, 6) is 0.264. The Hall–Kier alpha value is -0.410. The summed E-state index contributed by atoms with van der Waals surface area (Å²) in [6.45, 7) is 2.45. The molecule has 0 aromatic heterocycles. The van der Waals surface area contributed by atoms with E-state index in [9.17, 15) is 4.79 Å². The number of carbonyl (C=O) groups excluding carboxylic acids is 1. The van der Waals surface area contributed by atoms with Crippen molar-refractivity contribution in [3.8, 4) is 0 Å². The highest BCUT2D eigenvalue weighted by Gasteiger charge is 2.14. The van der Waals surface area contributed by atoms with Gasteiger partial charge in [0.25, 0.3) is 0 Å². The van der Waals surface area contributed by atoms with E-state index in [2.05, 4.69) is 0 Å². The summed E-state index contributed by atoms with van der Waals surface area (Å²) in [4.78, 5) is 15.1. The van der Waals surface area contributed by atoms with Gasteiger partial charge in [-0.1, -0.05) is 7.43 Å². The Balaban J connectivity index is 0. The number of hydrogen-bond donors (Lipinski definition) is 0. The van der Waals surface area contributed by atoms with Crippen LogP contribution < -0.4 is 0 Å². The Labute approximate surface area is 76.3 Å². The van der Waals surface area contributed by atoms with E-state index < -0.39 is 0 Å². The lowest BCUT2D eigenvalue weighted by Gasteiger charge is -2.20. The SMILES string of the molecule is C.C[C@@H](C(=O)CN(C)C)N(C)C. The van der Waals surface area contributed by atoms with Crippen LogP contribution in [0.2, 0.25) is 0 Å². The van der Waals surface area contributed by atoms with Gasteiger partial charge in [0.2, 0.25) is 0 Å². The topological polar surface area (TPSA) is 23.6 Å². The third-order valence-corrected chi connectivity index (χ3v) is 1.71. The largest absolute Gasteiger partial charge is 0.302 e. The van der Waals surface area contributed by atoms with Gasteiger partial charge in [-0.25, -0.2) is 0 Å². The lowest BCUT2D eigenvalue weighted by Crippen LogP contribution is -2.38. The van der Waals surface area contributed by atoms with Crippen LogP contribution in [0.15, 0.2) is 0 Å². The van der Waals surface area contributed by atoms with Gasteiger partial charge in [0.15, 0.2) is 5.78 Å². The highest BCUT2D eigenvalue weighted by molar-refractivity contribution is 5.85. The molecular formula is C9H22N2O. The molecule has 0 radical (unpaired) electrons. The van der Waals surface area contributed by atoms with Crippen LogP contribution in [0.4, 0.5) is 0 Å². The second-order valence-corrected chi connectivity index (χ2v) is 3.34.